The van der Waals surface area contributed by atoms with E-state index in [0.717, 1.165) is 0 Å². The van der Waals surface area contributed by atoms with E-state index in [2.05, 4.69) is 5.32 Å². The summed E-state index contributed by atoms with van der Waals surface area (Å²) in [7, 11) is 0. The van der Waals surface area contributed by atoms with Crippen LogP contribution in [0, 0.1) is 12.8 Å². The number of hydrogen-bond donors (Lipinski definition) is 2. The molecule has 7 heteroatoms. The molecule has 0 fully saturated rings. The number of aryl methyl sites for hydroxylation is 1. The summed E-state index contributed by atoms with van der Waals surface area (Å²) in [5.74, 6) is -0.760. The molecule has 1 aromatic heterocycles. The number of anilines is 1. The van der Waals surface area contributed by atoms with Gasteiger partial charge in [0.15, 0.2) is 12.4 Å². The van der Waals surface area contributed by atoms with Crippen molar-refractivity contribution in [2.75, 3.05) is 11.9 Å². The molecule has 0 radical (unpaired) electrons. The lowest BCUT2D eigenvalue weighted by molar-refractivity contribution is -0.118. The van der Waals surface area contributed by atoms with Gasteiger partial charge in [0.2, 0.25) is 5.91 Å². The summed E-state index contributed by atoms with van der Waals surface area (Å²) in [5.41, 5.74) is 1.12. The number of carbonyl (C=O) groups is 3. The number of rotatable bonds is 7. The first-order valence-corrected chi connectivity index (χ1v) is 8.13. The number of hydrogen-bond acceptors (Lipinski definition) is 6. The second kappa shape index (κ2) is 8.44. The number of furan rings is 1. The van der Waals surface area contributed by atoms with E-state index in [1.165, 1.54) is 6.07 Å². The summed E-state index contributed by atoms with van der Waals surface area (Å²) >= 11 is 0. The lowest BCUT2D eigenvalue weighted by atomic mass is 10.1. The molecule has 0 unspecified atom stereocenters. The molecule has 1 aromatic carbocycles. The lowest BCUT2D eigenvalue weighted by Gasteiger charge is -2.08. The van der Waals surface area contributed by atoms with E-state index in [1.54, 1.807) is 45.0 Å². The molecule has 1 heterocycles. The molecule has 0 spiro atoms. The van der Waals surface area contributed by atoms with Gasteiger partial charge < -0.3 is 19.6 Å². The van der Waals surface area contributed by atoms with Crippen LogP contribution in [0.25, 0.3) is 0 Å². The van der Waals surface area contributed by atoms with E-state index < -0.39 is 12.6 Å². The summed E-state index contributed by atoms with van der Waals surface area (Å²) in [6.45, 7) is 4.39. The van der Waals surface area contributed by atoms with Gasteiger partial charge in [-0.3, -0.25) is 9.59 Å². The van der Waals surface area contributed by atoms with Crippen LogP contribution in [0.4, 0.5) is 5.69 Å². The molecule has 0 atom stereocenters. The van der Waals surface area contributed by atoms with Crippen molar-refractivity contribution in [2.45, 2.75) is 27.4 Å². The van der Waals surface area contributed by atoms with Gasteiger partial charge in [-0.2, -0.15) is 0 Å². The zero-order valence-electron chi connectivity index (χ0n) is 14.9. The highest BCUT2D eigenvalue weighted by Gasteiger charge is 2.18. The van der Waals surface area contributed by atoms with E-state index in [0.29, 0.717) is 17.0 Å². The van der Waals surface area contributed by atoms with Crippen molar-refractivity contribution in [2.24, 2.45) is 5.92 Å². The van der Waals surface area contributed by atoms with Crippen LogP contribution in [0.3, 0.4) is 0 Å². The SMILES string of the molecule is Cc1oc(CO)cc1C(=O)OCC(=O)c1ccc(NC(=O)C(C)C)cc1. The Balaban J connectivity index is 1.94. The first-order valence-electron chi connectivity index (χ1n) is 8.13. The van der Waals surface area contributed by atoms with Crippen LogP contribution in [-0.2, 0) is 16.1 Å². The van der Waals surface area contributed by atoms with E-state index in [4.69, 9.17) is 14.3 Å². The summed E-state index contributed by atoms with van der Waals surface area (Å²) in [4.78, 5) is 35.8. The minimum atomic E-state index is -0.694. The summed E-state index contributed by atoms with van der Waals surface area (Å²) in [5, 5.41) is 11.7. The Morgan fingerprint density at radius 1 is 1.19 bits per heavy atom. The molecule has 0 aliphatic rings. The first-order chi connectivity index (χ1) is 12.3. The highest BCUT2D eigenvalue weighted by atomic mass is 16.5. The third kappa shape index (κ3) is 4.80. The van der Waals surface area contributed by atoms with Crippen LogP contribution in [0.5, 0.6) is 0 Å². The van der Waals surface area contributed by atoms with E-state index >= 15 is 0 Å². The summed E-state index contributed by atoms with van der Waals surface area (Å²) in [6.07, 6.45) is 0. The quantitative estimate of drug-likeness (QED) is 0.582. The number of aliphatic hydroxyl groups is 1. The number of benzene rings is 1. The molecule has 2 aromatic rings. The number of amides is 1. The number of ether oxygens (including phenoxy) is 1. The van der Waals surface area contributed by atoms with Gasteiger partial charge in [-0.1, -0.05) is 13.8 Å². The standard InChI is InChI=1S/C19H21NO6/c1-11(2)18(23)20-14-6-4-13(5-7-14)17(22)10-25-19(24)16-8-15(9-21)26-12(16)3/h4-8,11,21H,9-10H2,1-3H3,(H,20,23). The number of esters is 1. The number of aliphatic hydroxyl groups excluding tert-OH is 1. The molecule has 1 amide bonds. The number of Topliss-reactive ketones (excluding diaryl/α,β-unsaturated/α-hetero) is 1. The van der Waals surface area contributed by atoms with Gasteiger partial charge in [-0.05, 0) is 37.3 Å². The average molecular weight is 359 g/mol. The molecule has 0 aliphatic heterocycles. The van der Waals surface area contributed by atoms with Crippen molar-refractivity contribution in [3.8, 4) is 0 Å². The second-order valence-electron chi connectivity index (χ2n) is 6.06. The van der Waals surface area contributed by atoms with Crippen LogP contribution in [-0.4, -0.2) is 29.4 Å². The van der Waals surface area contributed by atoms with Gasteiger partial charge >= 0.3 is 5.97 Å². The fourth-order valence-electron chi connectivity index (χ4n) is 2.14. The minimum Gasteiger partial charge on any atom is -0.463 e. The molecule has 0 aliphatic carbocycles. The van der Waals surface area contributed by atoms with Crippen molar-refractivity contribution < 1.29 is 28.6 Å². The first kappa shape index (κ1) is 19.4. The molecular formula is C19H21NO6. The molecule has 2 rings (SSSR count). The third-order valence-corrected chi connectivity index (χ3v) is 3.68. The Kier molecular flexibility index (Phi) is 6.30. The van der Waals surface area contributed by atoms with Crippen LogP contribution in [0.2, 0.25) is 0 Å². The van der Waals surface area contributed by atoms with Crippen molar-refractivity contribution in [3.05, 3.63) is 53.0 Å². The number of ketones is 1. The highest BCUT2D eigenvalue weighted by Crippen LogP contribution is 2.16. The monoisotopic (exact) mass is 359 g/mol. The van der Waals surface area contributed by atoms with Gasteiger partial charge in [0, 0.05) is 17.2 Å². The lowest BCUT2D eigenvalue weighted by Crippen LogP contribution is -2.18. The molecular weight excluding hydrogens is 338 g/mol. The van der Waals surface area contributed by atoms with Gasteiger partial charge in [0.1, 0.15) is 23.7 Å². The normalized spacial score (nSPS) is 10.7. The Hall–Kier alpha value is -2.93. The van der Waals surface area contributed by atoms with Crippen LogP contribution >= 0.6 is 0 Å². The third-order valence-electron chi connectivity index (χ3n) is 3.68. The maximum atomic E-state index is 12.1. The van der Waals surface area contributed by atoms with Crippen molar-refractivity contribution >= 4 is 23.3 Å². The Morgan fingerprint density at radius 3 is 2.38 bits per heavy atom. The topological polar surface area (TPSA) is 106 Å². The summed E-state index contributed by atoms with van der Waals surface area (Å²) < 4.78 is 10.2. The molecule has 138 valence electrons. The second-order valence-corrected chi connectivity index (χ2v) is 6.06. The Morgan fingerprint density at radius 2 is 1.85 bits per heavy atom. The number of nitrogens with one attached hydrogen (secondary N) is 1. The predicted octanol–water partition coefficient (Wildman–Crippen LogP) is 2.71. The molecule has 26 heavy (non-hydrogen) atoms. The van der Waals surface area contributed by atoms with Crippen LogP contribution in [0.15, 0.2) is 34.7 Å². The van der Waals surface area contributed by atoms with Gasteiger partial charge in [0.25, 0.3) is 0 Å². The zero-order valence-corrected chi connectivity index (χ0v) is 14.9. The molecule has 0 bridgehead atoms. The maximum absolute atomic E-state index is 12.1. The maximum Gasteiger partial charge on any atom is 0.342 e. The van der Waals surface area contributed by atoms with Crippen molar-refractivity contribution in [1.82, 2.24) is 0 Å². The van der Waals surface area contributed by atoms with E-state index in [1.807, 2.05) is 0 Å². The fourth-order valence-corrected chi connectivity index (χ4v) is 2.14. The molecule has 0 saturated carbocycles. The highest BCUT2D eigenvalue weighted by molar-refractivity contribution is 6.00. The largest absolute Gasteiger partial charge is 0.463 e. The van der Waals surface area contributed by atoms with Crippen LogP contribution in [0.1, 0.15) is 46.1 Å². The van der Waals surface area contributed by atoms with Gasteiger partial charge in [0.05, 0.1) is 0 Å². The zero-order chi connectivity index (χ0) is 19.3. The van der Waals surface area contributed by atoms with Gasteiger partial charge in [-0.15, -0.1) is 0 Å². The molecule has 2 N–H and O–H groups in total. The Bertz CT molecular complexity index is 804. The van der Waals surface area contributed by atoms with E-state index in [-0.39, 0.29) is 35.5 Å². The minimum absolute atomic E-state index is 0.115. The smallest absolute Gasteiger partial charge is 0.342 e. The van der Waals surface area contributed by atoms with Crippen LogP contribution < -0.4 is 5.32 Å². The van der Waals surface area contributed by atoms with Gasteiger partial charge in [-0.25, -0.2) is 4.79 Å². The van der Waals surface area contributed by atoms with Crippen molar-refractivity contribution in [1.29, 1.82) is 0 Å². The van der Waals surface area contributed by atoms with E-state index in [9.17, 15) is 14.4 Å². The number of carbonyl (C=O) groups excluding carboxylic acids is 3. The summed E-state index contributed by atoms with van der Waals surface area (Å²) in [6, 6.07) is 7.72. The Labute approximate surface area is 151 Å². The van der Waals surface area contributed by atoms with Crippen molar-refractivity contribution in [3.63, 3.8) is 0 Å². The fraction of sp³-hybridized carbons (Fsp3) is 0.316. The molecule has 7 nitrogen and oxygen atoms in total. The molecule has 0 saturated heterocycles. The average Bonchev–Trinajstić information content (AvgIpc) is 3.01. The predicted molar refractivity (Wildman–Crippen MR) is 93.9 cm³/mol.